The molecule has 54 heavy (non-hydrogen) atoms. The molecule has 0 N–H and O–H groups in total. The molecule has 4 aromatic heterocycles. The second kappa shape index (κ2) is 13.2. The summed E-state index contributed by atoms with van der Waals surface area (Å²) in [7, 11) is 0. The Labute approximate surface area is 309 Å². The molecule has 252 valence electrons. The Kier molecular flexibility index (Phi) is 7.58. The first kappa shape index (κ1) is 31.1. The smallest absolute Gasteiger partial charge is 0.164 e. The fraction of sp³-hybridized carbons (Fsp3) is 0. The van der Waals surface area contributed by atoms with Crippen molar-refractivity contribution in [3.8, 4) is 67.9 Å². The SMILES string of the molecule is c1cc(-c2cnc3ccccc3n2)cc(-c2nc(-c3cccc(-c4cnc5ccccc5n4)c3)nc(-c3cccc(-c4cnc5ccccc5n4)c3)n2)c1. The predicted octanol–water partition coefficient (Wildman–Crippen LogP) is 9.70. The predicted molar refractivity (Wildman–Crippen MR) is 212 cm³/mol. The normalized spacial score (nSPS) is 11.3. The van der Waals surface area contributed by atoms with Gasteiger partial charge in [0, 0.05) is 33.4 Å². The molecule has 10 aromatic rings. The van der Waals surface area contributed by atoms with Gasteiger partial charge < -0.3 is 0 Å². The van der Waals surface area contributed by atoms with Crippen LogP contribution in [-0.2, 0) is 0 Å². The molecular weight excluding hydrogens is 667 g/mol. The number of rotatable bonds is 6. The lowest BCUT2D eigenvalue weighted by Crippen LogP contribution is -2.01. The Bertz CT molecular complexity index is 2700. The number of fused-ring (bicyclic) bond motifs is 3. The highest BCUT2D eigenvalue weighted by molar-refractivity contribution is 5.81. The molecule has 0 unspecified atom stereocenters. The summed E-state index contributed by atoms with van der Waals surface area (Å²) in [6.07, 6.45) is 5.40. The number of hydrogen-bond donors (Lipinski definition) is 0. The molecule has 4 heterocycles. The van der Waals surface area contributed by atoms with Crippen molar-refractivity contribution in [2.24, 2.45) is 0 Å². The fourth-order valence-corrected chi connectivity index (χ4v) is 6.50. The average molecular weight is 694 g/mol. The van der Waals surface area contributed by atoms with Crippen LogP contribution < -0.4 is 0 Å². The zero-order chi connectivity index (χ0) is 35.8. The summed E-state index contributed by atoms with van der Waals surface area (Å²) in [4.78, 5) is 43.8. The molecule has 0 radical (unpaired) electrons. The van der Waals surface area contributed by atoms with E-state index in [1.165, 1.54) is 0 Å². The molecule has 0 saturated carbocycles. The van der Waals surface area contributed by atoms with Gasteiger partial charge in [0.15, 0.2) is 17.5 Å². The lowest BCUT2D eigenvalue weighted by molar-refractivity contribution is 1.07. The average Bonchev–Trinajstić information content (AvgIpc) is 3.26. The number of hydrogen-bond acceptors (Lipinski definition) is 9. The lowest BCUT2D eigenvalue weighted by Gasteiger charge is -2.11. The summed E-state index contributed by atoms with van der Waals surface area (Å²) in [5.74, 6) is 1.58. The van der Waals surface area contributed by atoms with Gasteiger partial charge in [-0.15, -0.1) is 0 Å². The minimum Gasteiger partial charge on any atom is -0.252 e. The van der Waals surface area contributed by atoms with Crippen LogP contribution in [0.4, 0.5) is 0 Å². The number of para-hydroxylation sites is 6. The van der Waals surface area contributed by atoms with E-state index < -0.39 is 0 Å². The summed E-state index contributed by atoms with van der Waals surface area (Å²) < 4.78 is 0. The van der Waals surface area contributed by atoms with Gasteiger partial charge in [-0.25, -0.2) is 29.9 Å². The molecule has 0 saturated heterocycles. The molecule has 0 aliphatic heterocycles. The van der Waals surface area contributed by atoms with E-state index in [1.807, 2.05) is 146 Å². The van der Waals surface area contributed by atoms with Crippen molar-refractivity contribution in [2.45, 2.75) is 0 Å². The zero-order valence-electron chi connectivity index (χ0n) is 28.6. The molecule has 0 bridgehead atoms. The summed E-state index contributed by atoms with van der Waals surface area (Å²) in [6.45, 7) is 0. The van der Waals surface area contributed by atoms with Crippen LogP contribution in [0.2, 0.25) is 0 Å². The highest BCUT2D eigenvalue weighted by atomic mass is 15.0. The summed E-state index contributed by atoms with van der Waals surface area (Å²) >= 11 is 0. The van der Waals surface area contributed by atoms with Gasteiger partial charge in [-0.05, 0) is 54.6 Å². The van der Waals surface area contributed by atoms with E-state index in [0.717, 1.165) is 83.6 Å². The summed E-state index contributed by atoms with van der Waals surface area (Å²) in [5, 5.41) is 0. The molecule has 9 heteroatoms. The largest absolute Gasteiger partial charge is 0.252 e. The third kappa shape index (κ3) is 5.95. The third-order valence-electron chi connectivity index (χ3n) is 9.23. The minimum absolute atomic E-state index is 0.525. The van der Waals surface area contributed by atoms with Gasteiger partial charge in [0.1, 0.15) is 0 Å². The van der Waals surface area contributed by atoms with Gasteiger partial charge in [0.25, 0.3) is 0 Å². The van der Waals surface area contributed by atoms with E-state index in [2.05, 4.69) is 15.0 Å². The molecule has 0 amide bonds. The zero-order valence-corrected chi connectivity index (χ0v) is 28.6. The Balaban J connectivity index is 1.10. The van der Waals surface area contributed by atoms with Crippen molar-refractivity contribution in [3.63, 3.8) is 0 Å². The Morgan fingerprint density at radius 1 is 0.241 bits per heavy atom. The van der Waals surface area contributed by atoms with E-state index in [1.54, 1.807) is 18.6 Å². The molecule has 6 aromatic carbocycles. The topological polar surface area (TPSA) is 116 Å². The maximum atomic E-state index is 5.07. The quantitative estimate of drug-likeness (QED) is 0.168. The number of aromatic nitrogens is 9. The first-order valence-electron chi connectivity index (χ1n) is 17.4. The second-order valence-electron chi connectivity index (χ2n) is 12.8. The fourth-order valence-electron chi connectivity index (χ4n) is 6.50. The Morgan fingerprint density at radius 2 is 0.519 bits per heavy atom. The van der Waals surface area contributed by atoms with Crippen molar-refractivity contribution >= 4 is 33.1 Å². The molecular formula is C45H27N9. The van der Waals surface area contributed by atoms with Crippen LogP contribution in [0, 0.1) is 0 Å². The van der Waals surface area contributed by atoms with Crippen LogP contribution in [0.1, 0.15) is 0 Å². The van der Waals surface area contributed by atoms with Crippen LogP contribution in [-0.4, -0.2) is 44.9 Å². The first-order chi connectivity index (χ1) is 26.7. The Morgan fingerprint density at radius 3 is 0.833 bits per heavy atom. The molecule has 9 nitrogen and oxygen atoms in total. The molecule has 0 aliphatic rings. The molecule has 0 spiro atoms. The maximum absolute atomic E-state index is 5.07. The second-order valence-corrected chi connectivity index (χ2v) is 12.8. The van der Waals surface area contributed by atoms with E-state index in [4.69, 9.17) is 29.9 Å². The van der Waals surface area contributed by atoms with Crippen LogP contribution in [0.25, 0.3) is 101 Å². The van der Waals surface area contributed by atoms with Crippen LogP contribution in [0.5, 0.6) is 0 Å². The van der Waals surface area contributed by atoms with E-state index in [0.29, 0.717) is 17.5 Å². The molecule has 0 atom stereocenters. The van der Waals surface area contributed by atoms with Gasteiger partial charge >= 0.3 is 0 Å². The Hall–Kier alpha value is -7.65. The van der Waals surface area contributed by atoms with E-state index in [-0.39, 0.29) is 0 Å². The van der Waals surface area contributed by atoms with Gasteiger partial charge in [-0.3, -0.25) is 15.0 Å². The summed E-state index contributed by atoms with van der Waals surface area (Å²) in [5.41, 5.74) is 12.5. The summed E-state index contributed by atoms with van der Waals surface area (Å²) in [6, 6.07) is 47.7. The van der Waals surface area contributed by atoms with Gasteiger partial charge in [0.2, 0.25) is 0 Å². The van der Waals surface area contributed by atoms with Crippen molar-refractivity contribution in [1.82, 2.24) is 44.9 Å². The van der Waals surface area contributed by atoms with Crippen LogP contribution in [0.3, 0.4) is 0 Å². The highest BCUT2D eigenvalue weighted by Crippen LogP contribution is 2.31. The van der Waals surface area contributed by atoms with Crippen molar-refractivity contribution in [3.05, 3.63) is 164 Å². The third-order valence-corrected chi connectivity index (χ3v) is 9.23. The van der Waals surface area contributed by atoms with E-state index in [9.17, 15) is 0 Å². The lowest BCUT2D eigenvalue weighted by atomic mass is 10.1. The van der Waals surface area contributed by atoms with E-state index >= 15 is 0 Å². The van der Waals surface area contributed by atoms with Gasteiger partial charge in [-0.2, -0.15) is 0 Å². The van der Waals surface area contributed by atoms with Crippen molar-refractivity contribution < 1.29 is 0 Å². The highest BCUT2D eigenvalue weighted by Gasteiger charge is 2.16. The maximum Gasteiger partial charge on any atom is 0.164 e. The minimum atomic E-state index is 0.525. The van der Waals surface area contributed by atoms with Crippen molar-refractivity contribution in [2.75, 3.05) is 0 Å². The molecule has 0 fully saturated rings. The van der Waals surface area contributed by atoms with Crippen molar-refractivity contribution in [1.29, 1.82) is 0 Å². The monoisotopic (exact) mass is 693 g/mol. The van der Waals surface area contributed by atoms with Gasteiger partial charge in [0.05, 0.1) is 68.8 Å². The van der Waals surface area contributed by atoms with Crippen LogP contribution >= 0.6 is 0 Å². The van der Waals surface area contributed by atoms with Gasteiger partial charge in [-0.1, -0.05) is 91.0 Å². The molecule has 0 aliphatic carbocycles. The standard InChI is InChI=1S/C45H27N9/c1-4-19-37-34(16-1)46-25-40(49-37)28-10-7-13-31(22-28)43-52-44(32-14-8-11-29(23-32)41-26-47-35-17-2-5-20-38(35)50-41)54-45(53-43)33-15-9-12-30(24-33)42-27-48-36-18-3-6-21-39(36)51-42/h1-27H. The number of nitrogens with zero attached hydrogens (tertiary/aromatic N) is 9. The number of benzene rings is 6. The molecule has 10 rings (SSSR count). The van der Waals surface area contributed by atoms with Crippen LogP contribution in [0.15, 0.2) is 164 Å². The first-order valence-corrected chi connectivity index (χ1v) is 17.4.